The second kappa shape index (κ2) is 8.19. The second-order valence-corrected chi connectivity index (χ2v) is 7.47. The van der Waals surface area contributed by atoms with Crippen LogP contribution >= 0.6 is 0 Å². The fourth-order valence-corrected chi connectivity index (χ4v) is 3.56. The van der Waals surface area contributed by atoms with Crippen LogP contribution in [0.3, 0.4) is 0 Å². The molecule has 1 aliphatic rings. The van der Waals surface area contributed by atoms with Crippen LogP contribution in [-0.2, 0) is 10.0 Å². The van der Waals surface area contributed by atoms with Crippen LogP contribution in [0.2, 0.25) is 0 Å². The van der Waals surface area contributed by atoms with Gasteiger partial charge in [-0.3, -0.25) is 0 Å². The summed E-state index contributed by atoms with van der Waals surface area (Å²) >= 11 is 0. The van der Waals surface area contributed by atoms with Crippen molar-refractivity contribution in [2.24, 2.45) is 0 Å². The fourth-order valence-electron chi connectivity index (χ4n) is 2.63. The largest absolute Gasteiger partial charge is 0.314 e. The SMILES string of the molecule is CCN(CCCNC(C)CC1CCCN1)S(C)(=O)=O. The molecule has 0 amide bonds. The molecule has 114 valence electrons. The summed E-state index contributed by atoms with van der Waals surface area (Å²) in [6, 6.07) is 1.15. The molecular formula is C13H29N3O2S. The highest BCUT2D eigenvalue weighted by molar-refractivity contribution is 7.88. The van der Waals surface area contributed by atoms with Gasteiger partial charge in [-0.2, -0.15) is 0 Å². The normalized spacial score (nSPS) is 22.0. The quantitative estimate of drug-likeness (QED) is 0.616. The minimum absolute atomic E-state index is 0.490. The minimum Gasteiger partial charge on any atom is -0.314 e. The summed E-state index contributed by atoms with van der Waals surface area (Å²) in [5.41, 5.74) is 0. The van der Waals surface area contributed by atoms with Crippen molar-refractivity contribution in [3.05, 3.63) is 0 Å². The smallest absolute Gasteiger partial charge is 0.211 e. The molecule has 0 spiro atoms. The Labute approximate surface area is 118 Å². The van der Waals surface area contributed by atoms with Crippen molar-refractivity contribution in [1.29, 1.82) is 0 Å². The first-order valence-electron chi connectivity index (χ1n) is 7.35. The monoisotopic (exact) mass is 291 g/mol. The molecule has 0 saturated carbocycles. The van der Waals surface area contributed by atoms with Crippen LogP contribution in [-0.4, -0.2) is 57.2 Å². The summed E-state index contributed by atoms with van der Waals surface area (Å²) in [6.07, 6.45) is 5.87. The number of nitrogens with zero attached hydrogens (tertiary/aromatic N) is 1. The molecule has 0 radical (unpaired) electrons. The summed E-state index contributed by atoms with van der Waals surface area (Å²) < 4.78 is 24.4. The Bertz CT molecular complexity index is 340. The number of rotatable bonds is 9. The van der Waals surface area contributed by atoms with E-state index in [1.807, 2.05) is 6.92 Å². The van der Waals surface area contributed by atoms with E-state index in [-0.39, 0.29) is 0 Å². The van der Waals surface area contributed by atoms with Gasteiger partial charge in [0, 0.05) is 25.2 Å². The average molecular weight is 291 g/mol. The molecule has 0 aromatic rings. The van der Waals surface area contributed by atoms with Gasteiger partial charge in [-0.15, -0.1) is 0 Å². The number of hydrogen-bond donors (Lipinski definition) is 2. The van der Waals surface area contributed by atoms with E-state index in [0.717, 1.165) is 25.9 Å². The van der Waals surface area contributed by atoms with Crippen LogP contribution in [0.4, 0.5) is 0 Å². The zero-order valence-corrected chi connectivity index (χ0v) is 13.3. The lowest BCUT2D eigenvalue weighted by Crippen LogP contribution is -2.36. The molecule has 1 saturated heterocycles. The maximum Gasteiger partial charge on any atom is 0.211 e. The van der Waals surface area contributed by atoms with Gasteiger partial charge in [-0.05, 0) is 45.7 Å². The van der Waals surface area contributed by atoms with Gasteiger partial charge >= 0.3 is 0 Å². The maximum atomic E-state index is 11.4. The zero-order chi connectivity index (χ0) is 14.3. The van der Waals surface area contributed by atoms with Crippen molar-refractivity contribution >= 4 is 10.0 Å². The molecular weight excluding hydrogens is 262 g/mol. The van der Waals surface area contributed by atoms with Crippen molar-refractivity contribution in [3.63, 3.8) is 0 Å². The van der Waals surface area contributed by atoms with E-state index in [0.29, 0.717) is 25.2 Å². The van der Waals surface area contributed by atoms with E-state index < -0.39 is 10.0 Å². The van der Waals surface area contributed by atoms with E-state index in [1.54, 1.807) is 0 Å². The van der Waals surface area contributed by atoms with Gasteiger partial charge in [0.25, 0.3) is 0 Å². The highest BCUT2D eigenvalue weighted by Crippen LogP contribution is 2.10. The molecule has 2 atom stereocenters. The third kappa shape index (κ3) is 6.70. The topological polar surface area (TPSA) is 61.4 Å². The fraction of sp³-hybridized carbons (Fsp3) is 1.00. The molecule has 1 aliphatic heterocycles. The maximum absolute atomic E-state index is 11.4. The molecule has 5 nitrogen and oxygen atoms in total. The molecule has 0 aromatic heterocycles. The Balaban J connectivity index is 2.12. The second-order valence-electron chi connectivity index (χ2n) is 5.49. The predicted molar refractivity (Wildman–Crippen MR) is 79.8 cm³/mol. The Hall–Kier alpha value is -0.170. The standard InChI is InChI=1S/C13H29N3O2S/c1-4-16(19(3,17)18)10-6-9-14-12(2)11-13-7-5-8-15-13/h12-15H,4-11H2,1-3H3. The van der Waals surface area contributed by atoms with Crippen LogP contribution < -0.4 is 10.6 Å². The van der Waals surface area contributed by atoms with Crippen LogP contribution in [0.1, 0.15) is 39.5 Å². The van der Waals surface area contributed by atoms with Gasteiger partial charge in [-0.25, -0.2) is 12.7 Å². The summed E-state index contributed by atoms with van der Waals surface area (Å²) in [6.45, 7) is 7.27. The number of nitrogens with one attached hydrogen (secondary N) is 2. The first-order chi connectivity index (χ1) is 8.93. The average Bonchev–Trinajstić information content (AvgIpc) is 2.80. The summed E-state index contributed by atoms with van der Waals surface area (Å²) in [5, 5.41) is 6.98. The highest BCUT2D eigenvalue weighted by atomic mass is 32.2. The van der Waals surface area contributed by atoms with E-state index in [4.69, 9.17) is 0 Å². The van der Waals surface area contributed by atoms with Crippen LogP contribution in [0, 0.1) is 0 Å². The minimum atomic E-state index is -3.04. The van der Waals surface area contributed by atoms with Crippen LogP contribution in [0.25, 0.3) is 0 Å². The lowest BCUT2D eigenvalue weighted by atomic mass is 10.1. The lowest BCUT2D eigenvalue weighted by Gasteiger charge is -2.20. The van der Waals surface area contributed by atoms with Gasteiger partial charge in [0.1, 0.15) is 0 Å². The lowest BCUT2D eigenvalue weighted by molar-refractivity contribution is 0.398. The van der Waals surface area contributed by atoms with E-state index >= 15 is 0 Å². The zero-order valence-electron chi connectivity index (χ0n) is 12.5. The Morgan fingerprint density at radius 3 is 2.74 bits per heavy atom. The number of hydrogen-bond acceptors (Lipinski definition) is 4. The van der Waals surface area contributed by atoms with Crippen molar-refractivity contribution in [2.75, 3.05) is 32.4 Å². The van der Waals surface area contributed by atoms with Gasteiger partial charge in [0.05, 0.1) is 6.26 Å². The Kier molecular flexibility index (Phi) is 7.28. The summed E-state index contributed by atoms with van der Waals surface area (Å²) in [7, 11) is -3.04. The first-order valence-corrected chi connectivity index (χ1v) is 9.20. The molecule has 0 aromatic carbocycles. The van der Waals surface area contributed by atoms with Gasteiger partial charge < -0.3 is 10.6 Å². The Morgan fingerprint density at radius 2 is 2.21 bits per heavy atom. The summed E-state index contributed by atoms with van der Waals surface area (Å²) in [4.78, 5) is 0. The van der Waals surface area contributed by atoms with E-state index in [2.05, 4.69) is 17.6 Å². The molecule has 6 heteroatoms. The van der Waals surface area contributed by atoms with Gasteiger partial charge in [-0.1, -0.05) is 6.92 Å². The van der Waals surface area contributed by atoms with Crippen LogP contribution in [0.15, 0.2) is 0 Å². The first kappa shape index (κ1) is 16.9. The van der Waals surface area contributed by atoms with Gasteiger partial charge in [0.15, 0.2) is 0 Å². The van der Waals surface area contributed by atoms with Crippen LogP contribution in [0.5, 0.6) is 0 Å². The molecule has 19 heavy (non-hydrogen) atoms. The van der Waals surface area contributed by atoms with Crippen molar-refractivity contribution < 1.29 is 8.42 Å². The predicted octanol–water partition coefficient (Wildman–Crippen LogP) is 0.778. The molecule has 2 unspecified atom stereocenters. The Morgan fingerprint density at radius 1 is 1.47 bits per heavy atom. The molecule has 1 fully saturated rings. The molecule has 1 heterocycles. The third-order valence-electron chi connectivity index (χ3n) is 3.70. The van der Waals surface area contributed by atoms with Gasteiger partial charge in [0.2, 0.25) is 10.0 Å². The number of sulfonamides is 1. The highest BCUT2D eigenvalue weighted by Gasteiger charge is 2.17. The van der Waals surface area contributed by atoms with Crippen molar-refractivity contribution in [2.45, 2.75) is 51.6 Å². The van der Waals surface area contributed by atoms with Crippen molar-refractivity contribution in [1.82, 2.24) is 14.9 Å². The molecule has 2 N–H and O–H groups in total. The van der Waals surface area contributed by atoms with Crippen molar-refractivity contribution in [3.8, 4) is 0 Å². The molecule has 0 aliphatic carbocycles. The third-order valence-corrected chi connectivity index (χ3v) is 5.08. The van der Waals surface area contributed by atoms with E-state index in [9.17, 15) is 8.42 Å². The molecule has 1 rings (SSSR count). The van der Waals surface area contributed by atoms with E-state index in [1.165, 1.54) is 23.4 Å². The summed E-state index contributed by atoms with van der Waals surface area (Å²) in [5.74, 6) is 0. The molecule has 0 bridgehead atoms.